The molecule has 0 radical (unpaired) electrons. The van der Waals surface area contributed by atoms with Gasteiger partial charge in [-0.05, 0) is 32.6 Å². The summed E-state index contributed by atoms with van der Waals surface area (Å²) in [5.41, 5.74) is -2.57. The van der Waals surface area contributed by atoms with Crippen LogP contribution in [0.4, 0.5) is 29.3 Å². The zero-order valence-corrected chi connectivity index (χ0v) is 13.1. The van der Waals surface area contributed by atoms with E-state index < -0.39 is 28.4 Å². The number of amides is 2. The SMILES string of the molecule is CN(C)C1CCN(C(=O)Nc2ccc([N+](=O)[O-])c(C(F)(F)F)c2)C1. The molecule has 0 saturated carbocycles. The molecule has 1 fully saturated rings. The first-order valence-corrected chi connectivity index (χ1v) is 7.17. The highest BCUT2D eigenvalue weighted by atomic mass is 19.4. The highest BCUT2D eigenvalue weighted by Gasteiger charge is 2.38. The van der Waals surface area contributed by atoms with Gasteiger partial charge in [-0.2, -0.15) is 13.2 Å². The third-order valence-corrected chi connectivity index (χ3v) is 3.93. The van der Waals surface area contributed by atoms with Crippen LogP contribution < -0.4 is 5.32 Å². The lowest BCUT2D eigenvalue weighted by atomic mass is 10.1. The summed E-state index contributed by atoms with van der Waals surface area (Å²) in [7, 11) is 3.77. The lowest BCUT2D eigenvalue weighted by molar-refractivity contribution is -0.388. The fourth-order valence-electron chi connectivity index (χ4n) is 2.55. The van der Waals surface area contributed by atoms with Gasteiger partial charge in [0.2, 0.25) is 0 Å². The minimum atomic E-state index is -4.88. The van der Waals surface area contributed by atoms with Crippen LogP contribution in [0.15, 0.2) is 18.2 Å². The van der Waals surface area contributed by atoms with E-state index in [4.69, 9.17) is 0 Å². The van der Waals surface area contributed by atoms with Crippen LogP contribution in [-0.2, 0) is 6.18 Å². The first-order chi connectivity index (χ1) is 11.1. The van der Waals surface area contributed by atoms with E-state index in [0.717, 1.165) is 18.6 Å². The van der Waals surface area contributed by atoms with Crippen LogP contribution in [0.25, 0.3) is 0 Å². The largest absolute Gasteiger partial charge is 0.423 e. The van der Waals surface area contributed by atoms with Crippen molar-refractivity contribution >= 4 is 17.4 Å². The molecule has 2 amide bonds. The van der Waals surface area contributed by atoms with Crippen molar-refractivity contribution < 1.29 is 22.9 Å². The molecule has 1 aromatic rings. The molecule has 1 atom stereocenters. The predicted molar refractivity (Wildman–Crippen MR) is 80.8 cm³/mol. The summed E-state index contributed by atoms with van der Waals surface area (Å²) in [6.45, 7) is 0.964. The average molecular weight is 346 g/mol. The first-order valence-electron chi connectivity index (χ1n) is 7.17. The third kappa shape index (κ3) is 3.94. The number of hydrogen-bond acceptors (Lipinski definition) is 4. The van der Waals surface area contributed by atoms with E-state index in [1.807, 2.05) is 19.0 Å². The van der Waals surface area contributed by atoms with Gasteiger partial charge in [0, 0.05) is 30.9 Å². The molecule has 1 aromatic carbocycles. The Hall–Kier alpha value is -2.36. The van der Waals surface area contributed by atoms with Crippen LogP contribution in [0.5, 0.6) is 0 Å². The summed E-state index contributed by atoms with van der Waals surface area (Å²) in [5, 5.41) is 13.1. The van der Waals surface area contributed by atoms with Gasteiger partial charge in [0.05, 0.1) is 4.92 Å². The van der Waals surface area contributed by atoms with E-state index in [9.17, 15) is 28.1 Å². The summed E-state index contributed by atoms with van der Waals surface area (Å²) >= 11 is 0. The van der Waals surface area contributed by atoms with Gasteiger partial charge in [0.25, 0.3) is 5.69 Å². The first kappa shape index (κ1) is 18.0. The van der Waals surface area contributed by atoms with Gasteiger partial charge < -0.3 is 15.1 Å². The van der Waals surface area contributed by atoms with Crippen LogP contribution in [0.2, 0.25) is 0 Å². The number of nitrogens with one attached hydrogen (secondary N) is 1. The van der Waals surface area contributed by atoms with Crippen molar-refractivity contribution in [1.29, 1.82) is 0 Å². The van der Waals surface area contributed by atoms with E-state index >= 15 is 0 Å². The fourth-order valence-corrected chi connectivity index (χ4v) is 2.55. The van der Waals surface area contributed by atoms with Gasteiger partial charge >= 0.3 is 12.2 Å². The second-order valence-corrected chi connectivity index (χ2v) is 5.77. The highest BCUT2D eigenvalue weighted by molar-refractivity contribution is 5.89. The van der Waals surface area contributed by atoms with Crippen LogP contribution in [0, 0.1) is 10.1 Å². The molecule has 0 spiro atoms. The molecule has 1 saturated heterocycles. The van der Waals surface area contributed by atoms with Crippen molar-refractivity contribution in [3.8, 4) is 0 Å². The molecule has 1 aliphatic heterocycles. The normalized spacial score (nSPS) is 18.1. The Balaban J connectivity index is 2.16. The van der Waals surface area contributed by atoms with Crippen LogP contribution in [-0.4, -0.2) is 54.0 Å². The molecular formula is C14H17F3N4O3. The number of likely N-dealkylation sites (tertiary alicyclic amines) is 1. The van der Waals surface area contributed by atoms with Crippen LogP contribution >= 0.6 is 0 Å². The topological polar surface area (TPSA) is 78.7 Å². The zero-order valence-electron chi connectivity index (χ0n) is 13.1. The number of carbonyl (C=O) groups is 1. The number of carbonyl (C=O) groups excluding carboxylic acids is 1. The van der Waals surface area contributed by atoms with Gasteiger partial charge in [0.15, 0.2) is 0 Å². The van der Waals surface area contributed by atoms with Crippen molar-refractivity contribution in [2.24, 2.45) is 0 Å². The number of benzene rings is 1. The molecular weight excluding hydrogens is 329 g/mol. The summed E-state index contributed by atoms with van der Waals surface area (Å²) in [4.78, 5) is 25.2. The summed E-state index contributed by atoms with van der Waals surface area (Å²) in [6.07, 6.45) is -4.11. The molecule has 1 heterocycles. The fraction of sp³-hybridized carbons (Fsp3) is 0.500. The van der Waals surface area contributed by atoms with Crippen molar-refractivity contribution in [2.45, 2.75) is 18.6 Å². The van der Waals surface area contributed by atoms with Crippen LogP contribution in [0.3, 0.4) is 0 Å². The molecule has 0 aliphatic carbocycles. The second-order valence-electron chi connectivity index (χ2n) is 5.77. The van der Waals surface area contributed by atoms with E-state index in [0.29, 0.717) is 19.2 Å². The Morgan fingerprint density at radius 2 is 2.08 bits per heavy atom. The molecule has 10 heteroatoms. The Morgan fingerprint density at radius 1 is 1.42 bits per heavy atom. The highest BCUT2D eigenvalue weighted by Crippen LogP contribution is 2.37. The Labute approximate surface area is 136 Å². The number of urea groups is 1. The number of rotatable bonds is 3. The maximum absolute atomic E-state index is 12.9. The van der Waals surface area contributed by atoms with Gasteiger partial charge in [-0.1, -0.05) is 0 Å². The standard InChI is InChI=1S/C14H17F3N4O3/c1-19(2)10-5-6-20(8-10)13(22)18-9-3-4-12(21(23)24)11(7-9)14(15,16)17/h3-4,7,10H,5-6,8H2,1-2H3,(H,18,22). The Kier molecular flexibility index (Phi) is 4.97. The van der Waals surface area contributed by atoms with Crippen molar-refractivity contribution in [3.05, 3.63) is 33.9 Å². The smallest absolute Gasteiger partial charge is 0.323 e. The van der Waals surface area contributed by atoms with Crippen LogP contribution in [0.1, 0.15) is 12.0 Å². The molecule has 1 N–H and O–H groups in total. The number of alkyl halides is 3. The van der Waals surface area contributed by atoms with Crippen molar-refractivity contribution in [2.75, 3.05) is 32.5 Å². The molecule has 1 unspecified atom stereocenters. The molecule has 0 bridgehead atoms. The van der Waals surface area contributed by atoms with Gasteiger partial charge in [-0.25, -0.2) is 4.79 Å². The summed E-state index contributed by atoms with van der Waals surface area (Å²) in [6, 6.07) is 2.07. The van der Waals surface area contributed by atoms with E-state index in [-0.39, 0.29) is 11.7 Å². The Bertz CT molecular complexity index is 649. The molecule has 7 nitrogen and oxygen atoms in total. The van der Waals surface area contributed by atoms with E-state index in [1.165, 1.54) is 4.90 Å². The molecule has 0 aromatic heterocycles. The number of hydrogen-bond donors (Lipinski definition) is 1. The number of anilines is 1. The molecule has 132 valence electrons. The maximum Gasteiger partial charge on any atom is 0.423 e. The quantitative estimate of drug-likeness (QED) is 0.674. The van der Waals surface area contributed by atoms with E-state index in [1.54, 1.807) is 0 Å². The minimum Gasteiger partial charge on any atom is -0.323 e. The number of likely N-dealkylation sites (N-methyl/N-ethyl adjacent to an activating group) is 1. The van der Waals surface area contributed by atoms with Crippen molar-refractivity contribution in [1.82, 2.24) is 9.80 Å². The molecule has 1 aliphatic rings. The van der Waals surface area contributed by atoms with Gasteiger partial charge in [0.1, 0.15) is 5.56 Å². The summed E-state index contributed by atoms with van der Waals surface area (Å²) in [5.74, 6) is 0. The second kappa shape index (κ2) is 6.63. The van der Waals surface area contributed by atoms with Gasteiger partial charge in [-0.3, -0.25) is 10.1 Å². The summed E-state index contributed by atoms with van der Waals surface area (Å²) < 4.78 is 38.8. The lowest BCUT2D eigenvalue weighted by Crippen LogP contribution is -2.36. The number of halogens is 3. The third-order valence-electron chi connectivity index (χ3n) is 3.93. The van der Waals surface area contributed by atoms with E-state index in [2.05, 4.69) is 5.32 Å². The number of nitro benzene ring substituents is 1. The maximum atomic E-state index is 12.9. The minimum absolute atomic E-state index is 0.133. The zero-order chi connectivity index (χ0) is 18.1. The molecule has 2 rings (SSSR count). The van der Waals surface area contributed by atoms with Gasteiger partial charge in [-0.15, -0.1) is 0 Å². The molecule has 24 heavy (non-hydrogen) atoms. The predicted octanol–water partition coefficient (Wildman–Crippen LogP) is 2.78. The number of nitro groups is 1. The monoisotopic (exact) mass is 346 g/mol. The average Bonchev–Trinajstić information content (AvgIpc) is 2.96. The van der Waals surface area contributed by atoms with Crippen molar-refractivity contribution in [3.63, 3.8) is 0 Å². The lowest BCUT2D eigenvalue weighted by Gasteiger charge is -2.21. The number of nitrogens with zero attached hydrogens (tertiary/aromatic N) is 3. The Morgan fingerprint density at radius 3 is 2.58 bits per heavy atom.